The lowest BCUT2D eigenvalue weighted by atomic mass is 9.87. The van der Waals surface area contributed by atoms with E-state index >= 15 is 0 Å². The van der Waals surface area contributed by atoms with E-state index in [4.69, 9.17) is 4.74 Å². The Hall–Kier alpha value is -4.00. The maximum atomic E-state index is 13.4. The molecule has 1 aromatic heterocycles. The standard InChI is InChI=1S/C24H19N5O2/c30-24(22-18-5-1-3-7-20(18)31-21-8-4-2-6-19(21)22)25-16-11-9-15(10-12-16)23-26-27-28-29(23)17-13-14-17/h1-12,17,22H,13-14H2,(H,25,30). The van der Waals surface area contributed by atoms with Gasteiger partial charge in [-0.15, -0.1) is 5.10 Å². The summed E-state index contributed by atoms with van der Waals surface area (Å²) in [6.45, 7) is 0. The van der Waals surface area contributed by atoms with Gasteiger partial charge in [0.2, 0.25) is 5.91 Å². The van der Waals surface area contributed by atoms with Crippen molar-refractivity contribution in [2.24, 2.45) is 0 Å². The average molecular weight is 409 g/mol. The summed E-state index contributed by atoms with van der Waals surface area (Å²) in [4.78, 5) is 13.4. The molecule has 0 saturated heterocycles. The van der Waals surface area contributed by atoms with Crippen molar-refractivity contribution in [1.29, 1.82) is 0 Å². The van der Waals surface area contributed by atoms with Crippen LogP contribution in [0.25, 0.3) is 11.4 Å². The molecule has 4 aromatic rings. The lowest BCUT2D eigenvalue weighted by molar-refractivity contribution is -0.116. The highest BCUT2D eigenvalue weighted by Crippen LogP contribution is 2.44. The minimum atomic E-state index is -0.442. The van der Waals surface area contributed by atoms with Crippen molar-refractivity contribution in [2.45, 2.75) is 24.8 Å². The number of ether oxygens (including phenoxy) is 1. The summed E-state index contributed by atoms with van der Waals surface area (Å²) < 4.78 is 7.88. The summed E-state index contributed by atoms with van der Waals surface area (Å²) in [5.74, 6) is 1.64. The minimum Gasteiger partial charge on any atom is -0.457 e. The molecule has 31 heavy (non-hydrogen) atoms. The normalized spacial score (nSPS) is 15.0. The molecule has 1 saturated carbocycles. The largest absolute Gasteiger partial charge is 0.457 e. The van der Waals surface area contributed by atoms with E-state index < -0.39 is 5.92 Å². The van der Waals surface area contributed by atoms with Gasteiger partial charge in [0.1, 0.15) is 11.5 Å². The summed E-state index contributed by atoms with van der Waals surface area (Å²) in [5.41, 5.74) is 3.37. The number of rotatable bonds is 4. The van der Waals surface area contributed by atoms with Crippen LogP contribution in [0.3, 0.4) is 0 Å². The Morgan fingerprint density at radius 1 is 0.903 bits per heavy atom. The second-order valence-electron chi connectivity index (χ2n) is 7.86. The quantitative estimate of drug-likeness (QED) is 0.535. The second-order valence-corrected chi connectivity index (χ2v) is 7.86. The molecular weight excluding hydrogens is 390 g/mol. The molecule has 0 spiro atoms. The van der Waals surface area contributed by atoms with Gasteiger partial charge in [-0.05, 0) is 59.7 Å². The van der Waals surface area contributed by atoms with Gasteiger partial charge in [-0.2, -0.15) is 0 Å². The Labute approximate surface area is 178 Å². The van der Waals surface area contributed by atoms with Gasteiger partial charge in [0.05, 0.1) is 12.0 Å². The first-order valence-electron chi connectivity index (χ1n) is 10.3. The third kappa shape index (κ3) is 3.15. The van der Waals surface area contributed by atoms with E-state index in [0.717, 1.165) is 41.0 Å². The first-order valence-corrected chi connectivity index (χ1v) is 10.3. The van der Waals surface area contributed by atoms with Crippen LogP contribution in [0.2, 0.25) is 0 Å². The number of para-hydroxylation sites is 2. The number of carbonyl (C=O) groups excluding carboxylic acids is 1. The van der Waals surface area contributed by atoms with Gasteiger partial charge >= 0.3 is 0 Å². The predicted molar refractivity (Wildman–Crippen MR) is 115 cm³/mol. The molecule has 7 nitrogen and oxygen atoms in total. The smallest absolute Gasteiger partial charge is 0.236 e. The summed E-state index contributed by atoms with van der Waals surface area (Å²) in [5, 5.41) is 15.1. The number of fused-ring (bicyclic) bond motifs is 2. The SMILES string of the molecule is O=C(Nc1ccc(-c2nnnn2C2CC2)cc1)C1c2ccccc2Oc2ccccc21. The summed E-state index contributed by atoms with van der Waals surface area (Å²) in [7, 11) is 0. The van der Waals surface area contributed by atoms with Crippen molar-refractivity contribution in [3.8, 4) is 22.9 Å². The lowest BCUT2D eigenvalue weighted by Crippen LogP contribution is -2.25. The van der Waals surface area contributed by atoms with E-state index in [1.54, 1.807) is 0 Å². The molecule has 1 aliphatic heterocycles. The molecule has 0 unspecified atom stereocenters. The third-order valence-electron chi connectivity index (χ3n) is 5.74. The van der Waals surface area contributed by atoms with Crippen LogP contribution in [0.15, 0.2) is 72.8 Å². The van der Waals surface area contributed by atoms with Gasteiger partial charge in [-0.25, -0.2) is 4.68 Å². The Balaban J connectivity index is 1.28. The molecule has 1 amide bonds. The minimum absolute atomic E-state index is 0.0984. The molecule has 6 rings (SSSR count). The maximum Gasteiger partial charge on any atom is 0.236 e. The molecule has 0 atom stereocenters. The highest BCUT2D eigenvalue weighted by Gasteiger charge is 2.32. The van der Waals surface area contributed by atoms with Crippen LogP contribution in [0.4, 0.5) is 5.69 Å². The topological polar surface area (TPSA) is 81.9 Å². The van der Waals surface area contributed by atoms with Gasteiger partial charge in [0, 0.05) is 22.4 Å². The fourth-order valence-electron chi connectivity index (χ4n) is 4.06. The number of nitrogens with zero attached hydrogens (tertiary/aromatic N) is 4. The molecule has 1 fully saturated rings. The number of hydrogen-bond donors (Lipinski definition) is 1. The van der Waals surface area contributed by atoms with E-state index in [9.17, 15) is 4.79 Å². The van der Waals surface area contributed by atoms with Gasteiger partial charge in [0.15, 0.2) is 5.82 Å². The molecular formula is C24H19N5O2. The third-order valence-corrected chi connectivity index (χ3v) is 5.74. The monoisotopic (exact) mass is 409 g/mol. The molecule has 3 aromatic carbocycles. The number of aromatic nitrogens is 4. The molecule has 7 heteroatoms. The molecule has 2 heterocycles. The Kier molecular flexibility index (Phi) is 4.06. The number of hydrogen-bond acceptors (Lipinski definition) is 5. The van der Waals surface area contributed by atoms with Crippen LogP contribution in [-0.2, 0) is 4.79 Å². The van der Waals surface area contributed by atoms with Crippen molar-refractivity contribution in [3.63, 3.8) is 0 Å². The van der Waals surface area contributed by atoms with E-state index in [2.05, 4.69) is 20.8 Å². The molecule has 0 bridgehead atoms. The Bertz CT molecular complexity index is 1230. The van der Waals surface area contributed by atoms with Crippen LogP contribution < -0.4 is 10.1 Å². The zero-order chi connectivity index (χ0) is 20.8. The lowest BCUT2D eigenvalue weighted by Gasteiger charge is -2.27. The second kappa shape index (κ2) is 7.05. The van der Waals surface area contributed by atoms with Gasteiger partial charge in [0.25, 0.3) is 0 Å². The molecule has 1 N–H and O–H groups in total. The highest BCUT2D eigenvalue weighted by molar-refractivity contribution is 5.99. The molecule has 0 radical (unpaired) electrons. The fourth-order valence-corrected chi connectivity index (χ4v) is 4.06. The maximum absolute atomic E-state index is 13.4. The van der Waals surface area contributed by atoms with E-state index in [1.165, 1.54) is 0 Å². The van der Waals surface area contributed by atoms with Crippen molar-refractivity contribution < 1.29 is 9.53 Å². The number of carbonyl (C=O) groups is 1. The zero-order valence-electron chi connectivity index (χ0n) is 16.6. The zero-order valence-corrected chi connectivity index (χ0v) is 16.6. The Morgan fingerprint density at radius 3 is 2.19 bits per heavy atom. The Morgan fingerprint density at radius 2 is 1.55 bits per heavy atom. The van der Waals surface area contributed by atoms with Crippen LogP contribution in [0.1, 0.15) is 35.9 Å². The number of tetrazole rings is 1. The van der Waals surface area contributed by atoms with Crippen molar-refractivity contribution in [2.75, 3.05) is 5.32 Å². The average Bonchev–Trinajstić information content (AvgIpc) is 3.54. The predicted octanol–water partition coefficient (Wildman–Crippen LogP) is 4.55. The van der Waals surface area contributed by atoms with E-state index in [1.807, 2.05) is 77.5 Å². The van der Waals surface area contributed by atoms with Crippen molar-refractivity contribution in [3.05, 3.63) is 83.9 Å². The van der Waals surface area contributed by atoms with Crippen LogP contribution >= 0.6 is 0 Å². The summed E-state index contributed by atoms with van der Waals surface area (Å²) >= 11 is 0. The fraction of sp³-hybridized carbons (Fsp3) is 0.167. The summed E-state index contributed by atoms with van der Waals surface area (Å²) in [6.07, 6.45) is 2.22. The summed E-state index contributed by atoms with van der Waals surface area (Å²) in [6, 6.07) is 23.4. The van der Waals surface area contributed by atoms with Gasteiger partial charge in [-0.1, -0.05) is 36.4 Å². The number of anilines is 1. The van der Waals surface area contributed by atoms with E-state index in [0.29, 0.717) is 17.5 Å². The molecule has 2 aliphatic rings. The molecule has 152 valence electrons. The first kappa shape index (κ1) is 17.8. The number of amides is 1. The number of nitrogens with one attached hydrogen (secondary N) is 1. The van der Waals surface area contributed by atoms with Crippen LogP contribution in [0, 0.1) is 0 Å². The first-order chi connectivity index (χ1) is 15.3. The van der Waals surface area contributed by atoms with Crippen LogP contribution in [0.5, 0.6) is 11.5 Å². The van der Waals surface area contributed by atoms with Gasteiger partial charge in [-0.3, -0.25) is 4.79 Å². The number of benzene rings is 3. The van der Waals surface area contributed by atoms with Gasteiger partial charge < -0.3 is 10.1 Å². The molecule has 1 aliphatic carbocycles. The van der Waals surface area contributed by atoms with Crippen LogP contribution in [-0.4, -0.2) is 26.1 Å². The highest BCUT2D eigenvalue weighted by atomic mass is 16.5. The van der Waals surface area contributed by atoms with E-state index in [-0.39, 0.29) is 5.91 Å². The van der Waals surface area contributed by atoms with Crippen molar-refractivity contribution >= 4 is 11.6 Å². The van der Waals surface area contributed by atoms with Crippen molar-refractivity contribution in [1.82, 2.24) is 20.2 Å².